The molecule has 1 N–H and O–H groups in total. The first-order valence-electron chi connectivity index (χ1n) is 9.11. The summed E-state index contributed by atoms with van der Waals surface area (Å²) in [6, 6.07) is 3.48. The first kappa shape index (κ1) is 21.1. The third-order valence-corrected chi connectivity index (χ3v) is 5.93. The molecule has 2 heterocycles. The lowest BCUT2D eigenvalue weighted by molar-refractivity contribution is -0.137. The normalized spacial score (nSPS) is 14.6. The summed E-state index contributed by atoms with van der Waals surface area (Å²) in [7, 11) is 0. The zero-order valence-electron chi connectivity index (χ0n) is 16.3. The molecule has 0 saturated heterocycles. The summed E-state index contributed by atoms with van der Waals surface area (Å²) in [5, 5.41) is 4.29. The smallest absolute Gasteiger partial charge is 0.333 e. The van der Waals surface area contributed by atoms with Crippen molar-refractivity contribution in [3.63, 3.8) is 0 Å². The molecule has 0 radical (unpaired) electrons. The van der Waals surface area contributed by atoms with Gasteiger partial charge in [-0.2, -0.15) is 13.2 Å². The summed E-state index contributed by atoms with van der Waals surface area (Å²) in [4.78, 5) is 27.7. The molecule has 0 aliphatic carbocycles. The molecule has 0 saturated carbocycles. The van der Waals surface area contributed by atoms with Gasteiger partial charge in [-0.25, -0.2) is 0 Å². The molecule has 29 heavy (non-hydrogen) atoms. The maximum atomic E-state index is 13.0. The van der Waals surface area contributed by atoms with Gasteiger partial charge >= 0.3 is 6.18 Å². The molecule has 1 aliphatic rings. The van der Waals surface area contributed by atoms with Gasteiger partial charge in [-0.1, -0.05) is 6.08 Å². The number of anilines is 1. The molecule has 0 bridgehead atoms. The number of hydrogen-bond acceptors (Lipinski definition) is 3. The summed E-state index contributed by atoms with van der Waals surface area (Å²) in [5.41, 5.74) is 1.71. The Bertz CT molecular complexity index is 992. The van der Waals surface area contributed by atoms with Gasteiger partial charge in [-0.3, -0.25) is 9.59 Å². The van der Waals surface area contributed by atoms with Gasteiger partial charge in [0.05, 0.1) is 17.7 Å². The minimum atomic E-state index is -4.48. The third-order valence-electron chi connectivity index (χ3n) is 4.91. The van der Waals surface area contributed by atoms with Crippen LogP contribution < -0.4 is 5.32 Å². The number of alkyl halides is 3. The predicted octanol–water partition coefficient (Wildman–Crippen LogP) is 5.18. The Morgan fingerprint density at radius 3 is 2.62 bits per heavy atom. The van der Waals surface area contributed by atoms with E-state index in [0.29, 0.717) is 36.2 Å². The van der Waals surface area contributed by atoms with Crippen LogP contribution in [0.2, 0.25) is 0 Å². The van der Waals surface area contributed by atoms with Crippen molar-refractivity contribution in [2.75, 3.05) is 11.9 Å². The molecule has 2 amide bonds. The van der Waals surface area contributed by atoms with E-state index >= 15 is 0 Å². The number of carbonyl (C=O) groups is 2. The molecule has 0 spiro atoms. The zero-order valence-corrected chi connectivity index (χ0v) is 17.1. The fraction of sp³-hybridized carbons (Fsp3) is 0.333. The Kier molecular flexibility index (Phi) is 5.84. The van der Waals surface area contributed by atoms with Gasteiger partial charge in [0.1, 0.15) is 0 Å². The number of amides is 2. The number of allylic oxidation sites excluding steroid dienone is 1. The minimum Gasteiger partial charge on any atom is -0.333 e. The number of benzene rings is 1. The van der Waals surface area contributed by atoms with Gasteiger partial charge in [-0.05, 0) is 56.5 Å². The minimum absolute atomic E-state index is 0.0306. The van der Waals surface area contributed by atoms with Gasteiger partial charge in [0.25, 0.3) is 5.91 Å². The largest absolute Gasteiger partial charge is 0.416 e. The van der Waals surface area contributed by atoms with Crippen LogP contribution in [0, 0.1) is 6.92 Å². The highest BCUT2D eigenvalue weighted by Crippen LogP contribution is 2.33. The van der Waals surface area contributed by atoms with Crippen molar-refractivity contribution in [3.8, 4) is 0 Å². The second-order valence-electron chi connectivity index (χ2n) is 7.04. The Labute approximate surface area is 171 Å². The highest BCUT2D eigenvalue weighted by molar-refractivity contribution is 7.10. The van der Waals surface area contributed by atoms with Crippen LogP contribution in [0.25, 0.3) is 0 Å². The molecule has 154 valence electrons. The number of fused-ring (bicyclic) bond motifs is 1. The van der Waals surface area contributed by atoms with E-state index in [2.05, 4.69) is 5.32 Å². The van der Waals surface area contributed by atoms with Gasteiger partial charge in [0.15, 0.2) is 0 Å². The molecule has 3 rings (SSSR count). The molecular weight excluding hydrogens is 401 g/mol. The van der Waals surface area contributed by atoms with Gasteiger partial charge in [0, 0.05) is 28.1 Å². The average Bonchev–Trinajstić information content (AvgIpc) is 3.08. The van der Waals surface area contributed by atoms with Crippen LogP contribution in [0.1, 0.15) is 45.8 Å². The van der Waals surface area contributed by atoms with Crippen molar-refractivity contribution in [1.82, 2.24) is 4.90 Å². The van der Waals surface area contributed by atoms with Gasteiger partial charge in [0.2, 0.25) is 5.91 Å². The van der Waals surface area contributed by atoms with Crippen LogP contribution in [0.15, 0.2) is 35.2 Å². The summed E-state index contributed by atoms with van der Waals surface area (Å²) in [6.45, 7) is 6.06. The second kappa shape index (κ2) is 8.02. The van der Waals surface area contributed by atoms with Gasteiger partial charge in [-0.15, -0.1) is 11.3 Å². The lowest BCUT2D eigenvalue weighted by Gasteiger charge is -2.27. The first-order valence-corrected chi connectivity index (χ1v) is 9.99. The first-order chi connectivity index (χ1) is 13.6. The summed E-state index contributed by atoms with van der Waals surface area (Å²) >= 11 is 1.39. The highest BCUT2D eigenvalue weighted by atomic mass is 32.1. The number of nitrogens with one attached hydrogen (secondary N) is 1. The molecule has 8 heteroatoms. The second-order valence-corrected chi connectivity index (χ2v) is 8.00. The topological polar surface area (TPSA) is 49.4 Å². The quantitative estimate of drug-likeness (QED) is 0.693. The van der Waals surface area contributed by atoms with Gasteiger partial charge < -0.3 is 10.2 Å². The van der Waals surface area contributed by atoms with Crippen molar-refractivity contribution >= 4 is 28.8 Å². The van der Waals surface area contributed by atoms with Crippen molar-refractivity contribution in [1.29, 1.82) is 0 Å². The lowest BCUT2D eigenvalue weighted by atomic mass is 10.0. The summed E-state index contributed by atoms with van der Waals surface area (Å²) in [6.07, 6.45) is -2.18. The maximum absolute atomic E-state index is 13.0. The predicted molar refractivity (Wildman–Crippen MR) is 107 cm³/mol. The Hall–Kier alpha value is -2.61. The molecule has 1 aromatic heterocycles. The summed E-state index contributed by atoms with van der Waals surface area (Å²) < 4.78 is 39.1. The SMILES string of the molecule is C/C=C(\C)C(=O)N1CCc2c(C(=O)Nc3cc(C)cc(C(F)(F)F)c3)csc2C1. The number of hydrogen-bond donors (Lipinski definition) is 1. The van der Waals surface area contributed by atoms with Crippen molar-refractivity contribution in [3.05, 3.63) is 62.4 Å². The lowest BCUT2D eigenvalue weighted by Crippen LogP contribution is -2.36. The number of rotatable bonds is 3. The van der Waals surface area contributed by atoms with E-state index in [-0.39, 0.29) is 11.6 Å². The fourth-order valence-electron chi connectivity index (χ4n) is 3.28. The van der Waals surface area contributed by atoms with Crippen LogP contribution in [0.5, 0.6) is 0 Å². The van der Waals surface area contributed by atoms with Crippen LogP contribution in [-0.4, -0.2) is 23.3 Å². The van der Waals surface area contributed by atoms with Crippen molar-refractivity contribution < 1.29 is 22.8 Å². The molecule has 2 aromatic rings. The van der Waals surface area contributed by atoms with Crippen LogP contribution in [0.4, 0.5) is 18.9 Å². The maximum Gasteiger partial charge on any atom is 0.416 e. The number of nitrogens with zero attached hydrogens (tertiary/aromatic N) is 1. The number of aryl methyl sites for hydroxylation is 1. The van der Waals surface area contributed by atoms with Crippen LogP contribution in [0.3, 0.4) is 0 Å². The molecule has 1 aliphatic heterocycles. The van der Waals surface area contributed by atoms with E-state index in [9.17, 15) is 22.8 Å². The van der Waals surface area contributed by atoms with Crippen LogP contribution >= 0.6 is 11.3 Å². The Morgan fingerprint density at radius 2 is 1.97 bits per heavy atom. The molecule has 4 nitrogen and oxygen atoms in total. The Balaban J connectivity index is 1.79. The zero-order chi connectivity index (χ0) is 21.3. The molecule has 0 atom stereocenters. The van der Waals surface area contributed by atoms with Crippen molar-refractivity contribution in [2.24, 2.45) is 0 Å². The average molecular weight is 422 g/mol. The molecule has 1 aromatic carbocycles. The molecule has 0 fully saturated rings. The Morgan fingerprint density at radius 1 is 1.24 bits per heavy atom. The van der Waals surface area contributed by atoms with E-state index < -0.39 is 17.6 Å². The molecular formula is C21H21F3N2O2S. The monoisotopic (exact) mass is 422 g/mol. The van der Waals surface area contributed by atoms with E-state index in [0.717, 1.165) is 22.6 Å². The standard InChI is InChI=1S/C21H21F3N2O2S/c1-4-13(3)20(28)26-6-5-16-17(11-29-18(16)10-26)19(27)25-15-8-12(2)7-14(9-15)21(22,23)24/h4,7-9,11H,5-6,10H2,1-3H3,(H,25,27)/b13-4+. The van der Waals surface area contributed by atoms with E-state index in [1.807, 2.05) is 6.92 Å². The van der Waals surface area contributed by atoms with E-state index in [1.54, 1.807) is 30.2 Å². The van der Waals surface area contributed by atoms with Crippen molar-refractivity contribution in [2.45, 2.75) is 39.9 Å². The highest BCUT2D eigenvalue weighted by Gasteiger charge is 2.31. The summed E-state index contributed by atoms with van der Waals surface area (Å²) in [5.74, 6) is -0.470. The number of thiophene rings is 1. The number of carbonyl (C=O) groups excluding carboxylic acids is 2. The molecule has 0 unspecified atom stereocenters. The fourth-order valence-corrected chi connectivity index (χ4v) is 4.38. The van der Waals surface area contributed by atoms with E-state index in [1.165, 1.54) is 17.4 Å². The van der Waals surface area contributed by atoms with E-state index in [4.69, 9.17) is 0 Å². The third kappa shape index (κ3) is 4.53. The van der Waals surface area contributed by atoms with Crippen LogP contribution in [-0.2, 0) is 23.9 Å². The number of halogens is 3.